The van der Waals surface area contributed by atoms with Gasteiger partial charge in [-0.3, -0.25) is 14.4 Å². The van der Waals surface area contributed by atoms with Crippen LogP contribution in [0.3, 0.4) is 0 Å². The van der Waals surface area contributed by atoms with E-state index in [2.05, 4.69) is 154 Å². The standard InChI is InChI=1S/C72H118O6/c1-4-7-10-13-16-19-22-25-28-30-31-32-33-34-35-36-37-38-39-40-41-42-45-47-50-53-56-59-62-65-71(74)77-68-69(67-76-70(73)64-61-58-55-52-49-46-43-27-24-21-18-15-12-9-6-3)78-72(75)66-63-60-57-54-51-48-44-29-26-23-20-17-14-11-8-5-2/h7,10,16,19-20,23,25,28-29,31-32,34-35,37-38,40-41,44-45,47,53,56,69H,4-6,8-9,11-15,17-18,21-22,24,26-27,30,33,36,39,42-43,46,48-52,54-55,57-68H2,1-3H3/b10-7-,19-16-,23-20-,28-25-,32-31-,35-34-,38-37-,41-40-,44-29-,47-45-,56-53-. The summed E-state index contributed by atoms with van der Waals surface area (Å²) >= 11 is 0. The molecular formula is C72H118O6. The molecule has 0 amide bonds. The van der Waals surface area contributed by atoms with Gasteiger partial charge < -0.3 is 14.2 Å². The van der Waals surface area contributed by atoms with E-state index in [1.54, 1.807) is 0 Å². The summed E-state index contributed by atoms with van der Waals surface area (Å²) in [5.41, 5.74) is 0. The average Bonchev–Trinajstić information content (AvgIpc) is 3.44. The summed E-state index contributed by atoms with van der Waals surface area (Å²) in [5, 5.41) is 0. The minimum atomic E-state index is -0.813. The molecule has 0 rings (SSSR count). The maximum absolute atomic E-state index is 12.9. The number of esters is 3. The van der Waals surface area contributed by atoms with Gasteiger partial charge in [0.25, 0.3) is 0 Å². The molecule has 0 radical (unpaired) electrons. The minimum Gasteiger partial charge on any atom is -0.462 e. The van der Waals surface area contributed by atoms with E-state index < -0.39 is 6.10 Å². The summed E-state index contributed by atoms with van der Waals surface area (Å²) in [7, 11) is 0. The predicted molar refractivity (Wildman–Crippen MR) is 339 cm³/mol. The Balaban J connectivity index is 4.46. The zero-order valence-electron chi connectivity index (χ0n) is 50.6. The van der Waals surface area contributed by atoms with Crippen LogP contribution in [0.5, 0.6) is 0 Å². The summed E-state index contributed by atoms with van der Waals surface area (Å²) < 4.78 is 16.9. The maximum Gasteiger partial charge on any atom is 0.306 e. The molecular weight excluding hydrogens is 961 g/mol. The fourth-order valence-corrected chi connectivity index (χ4v) is 8.59. The molecule has 0 saturated carbocycles. The third-order valence-electron chi connectivity index (χ3n) is 13.4. The first-order chi connectivity index (χ1) is 38.5. The van der Waals surface area contributed by atoms with Gasteiger partial charge in [-0.15, -0.1) is 0 Å². The molecule has 6 nitrogen and oxygen atoms in total. The van der Waals surface area contributed by atoms with Gasteiger partial charge in [0, 0.05) is 19.3 Å². The second kappa shape index (κ2) is 65.1. The molecule has 1 atom stereocenters. The molecule has 0 aromatic carbocycles. The quantitative estimate of drug-likeness (QED) is 0.0261. The van der Waals surface area contributed by atoms with Crippen molar-refractivity contribution in [1.82, 2.24) is 0 Å². The van der Waals surface area contributed by atoms with Crippen molar-refractivity contribution in [3.8, 4) is 0 Å². The molecule has 0 spiro atoms. The van der Waals surface area contributed by atoms with Crippen molar-refractivity contribution in [2.45, 2.75) is 290 Å². The van der Waals surface area contributed by atoms with Gasteiger partial charge in [-0.05, 0) is 116 Å². The number of carbonyl (C=O) groups excluding carboxylic acids is 3. The molecule has 6 heteroatoms. The second-order valence-electron chi connectivity index (χ2n) is 20.9. The van der Waals surface area contributed by atoms with E-state index in [1.165, 1.54) is 109 Å². The number of hydrogen-bond acceptors (Lipinski definition) is 6. The molecule has 0 N–H and O–H groups in total. The Labute approximate surface area is 481 Å². The normalized spacial score (nSPS) is 13.0. The van der Waals surface area contributed by atoms with Crippen molar-refractivity contribution >= 4 is 17.9 Å². The van der Waals surface area contributed by atoms with Gasteiger partial charge >= 0.3 is 17.9 Å². The Bertz CT molecular complexity index is 1670. The van der Waals surface area contributed by atoms with Crippen LogP contribution in [0.15, 0.2) is 134 Å². The molecule has 0 aliphatic carbocycles. The fraction of sp³-hybridized carbons (Fsp3) is 0.653. The lowest BCUT2D eigenvalue weighted by molar-refractivity contribution is -0.167. The molecule has 0 fully saturated rings. The summed E-state index contributed by atoms with van der Waals surface area (Å²) in [6.07, 6.45) is 91.7. The average molecular weight is 1080 g/mol. The van der Waals surface area contributed by atoms with E-state index in [0.717, 1.165) is 128 Å². The molecule has 442 valence electrons. The maximum atomic E-state index is 12.9. The third-order valence-corrected chi connectivity index (χ3v) is 13.4. The third kappa shape index (κ3) is 62.4. The first-order valence-electron chi connectivity index (χ1n) is 32.2. The van der Waals surface area contributed by atoms with Gasteiger partial charge in [0.1, 0.15) is 13.2 Å². The van der Waals surface area contributed by atoms with Crippen LogP contribution in [0, 0.1) is 0 Å². The largest absolute Gasteiger partial charge is 0.462 e. The molecule has 1 unspecified atom stereocenters. The number of allylic oxidation sites excluding steroid dienone is 22. The van der Waals surface area contributed by atoms with Crippen molar-refractivity contribution in [3.05, 3.63) is 134 Å². The van der Waals surface area contributed by atoms with Crippen LogP contribution in [0.25, 0.3) is 0 Å². The van der Waals surface area contributed by atoms with Gasteiger partial charge in [-0.1, -0.05) is 283 Å². The van der Waals surface area contributed by atoms with Gasteiger partial charge in [0.15, 0.2) is 6.10 Å². The van der Waals surface area contributed by atoms with E-state index in [0.29, 0.717) is 19.3 Å². The predicted octanol–water partition coefficient (Wildman–Crippen LogP) is 22.2. The van der Waals surface area contributed by atoms with Gasteiger partial charge in [0.05, 0.1) is 0 Å². The monoisotopic (exact) mass is 1080 g/mol. The SMILES string of the molecule is CC/C=C\C/C=C\C/C=C\C/C=C\C/C=C\C/C=C\C/C=C\C/C=C\C/C=C\CCCC(=O)OCC(COC(=O)CCCCCCCCCCCCCCCCC)OC(=O)CCCCCCC/C=C\C/C=C\CCCCCC. The molecule has 0 saturated heterocycles. The Morgan fingerprint density at radius 1 is 0.269 bits per heavy atom. The molecule has 78 heavy (non-hydrogen) atoms. The summed E-state index contributed by atoms with van der Waals surface area (Å²) in [6, 6.07) is 0. The molecule has 0 aromatic rings. The van der Waals surface area contributed by atoms with Crippen LogP contribution in [-0.2, 0) is 28.6 Å². The van der Waals surface area contributed by atoms with Gasteiger partial charge in [-0.2, -0.15) is 0 Å². The Hall–Kier alpha value is -4.45. The van der Waals surface area contributed by atoms with Crippen molar-refractivity contribution in [2.75, 3.05) is 13.2 Å². The molecule has 0 aromatic heterocycles. The number of hydrogen-bond donors (Lipinski definition) is 0. The zero-order chi connectivity index (χ0) is 56.4. The van der Waals surface area contributed by atoms with Crippen LogP contribution in [0.2, 0.25) is 0 Å². The van der Waals surface area contributed by atoms with Crippen molar-refractivity contribution in [2.24, 2.45) is 0 Å². The van der Waals surface area contributed by atoms with Crippen LogP contribution in [0.1, 0.15) is 284 Å². The van der Waals surface area contributed by atoms with Gasteiger partial charge in [0.2, 0.25) is 0 Å². The smallest absolute Gasteiger partial charge is 0.306 e. The van der Waals surface area contributed by atoms with Crippen LogP contribution >= 0.6 is 0 Å². The van der Waals surface area contributed by atoms with Crippen molar-refractivity contribution < 1.29 is 28.6 Å². The van der Waals surface area contributed by atoms with Crippen LogP contribution < -0.4 is 0 Å². The Kier molecular flexibility index (Phi) is 61.4. The number of rotatable bonds is 57. The van der Waals surface area contributed by atoms with Crippen molar-refractivity contribution in [3.63, 3.8) is 0 Å². The van der Waals surface area contributed by atoms with Gasteiger partial charge in [-0.25, -0.2) is 0 Å². The highest BCUT2D eigenvalue weighted by molar-refractivity contribution is 5.71. The summed E-state index contributed by atoms with van der Waals surface area (Å²) in [5.74, 6) is -0.975. The minimum absolute atomic E-state index is 0.103. The number of carbonyl (C=O) groups is 3. The lowest BCUT2D eigenvalue weighted by Gasteiger charge is -2.18. The van der Waals surface area contributed by atoms with E-state index in [4.69, 9.17) is 14.2 Å². The van der Waals surface area contributed by atoms with Crippen LogP contribution in [0.4, 0.5) is 0 Å². The number of ether oxygens (including phenoxy) is 3. The van der Waals surface area contributed by atoms with Crippen LogP contribution in [-0.4, -0.2) is 37.2 Å². The lowest BCUT2D eigenvalue weighted by Crippen LogP contribution is -2.30. The molecule has 0 aliphatic heterocycles. The molecule has 0 bridgehead atoms. The first kappa shape index (κ1) is 73.5. The van der Waals surface area contributed by atoms with Crippen molar-refractivity contribution in [1.29, 1.82) is 0 Å². The van der Waals surface area contributed by atoms with E-state index >= 15 is 0 Å². The highest BCUT2D eigenvalue weighted by Crippen LogP contribution is 2.15. The van der Waals surface area contributed by atoms with E-state index in [9.17, 15) is 14.4 Å². The molecule has 0 aliphatic rings. The zero-order valence-corrected chi connectivity index (χ0v) is 50.6. The highest BCUT2D eigenvalue weighted by atomic mass is 16.6. The summed E-state index contributed by atoms with van der Waals surface area (Å²) in [4.78, 5) is 38.3. The van der Waals surface area contributed by atoms with E-state index in [-0.39, 0.29) is 37.5 Å². The first-order valence-corrected chi connectivity index (χ1v) is 32.2. The highest BCUT2D eigenvalue weighted by Gasteiger charge is 2.19. The number of unbranched alkanes of at least 4 members (excludes halogenated alkanes) is 24. The Morgan fingerprint density at radius 2 is 0.513 bits per heavy atom. The van der Waals surface area contributed by atoms with E-state index in [1.807, 2.05) is 0 Å². The fourth-order valence-electron chi connectivity index (χ4n) is 8.59. The molecule has 0 heterocycles. The topological polar surface area (TPSA) is 78.9 Å². The Morgan fingerprint density at radius 3 is 0.846 bits per heavy atom. The lowest BCUT2D eigenvalue weighted by atomic mass is 10.0. The second-order valence-corrected chi connectivity index (χ2v) is 20.9. The summed E-state index contributed by atoms with van der Waals surface area (Å²) in [6.45, 7) is 6.46.